The zero-order valence-electron chi connectivity index (χ0n) is 28.0. The summed E-state index contributed by atoms with van der Waals surface area (Å²) in [5.41, 5.74) is 12.1. The van der Waals surface area contributed by atoms with Gasteiger partial charge in [0.05, 0.1) is 17.2 Å². The summed E-state index contributed by atoms with van der Waals surface area (Å²) in [7, 11) is 0. The van der Waals surface area contributed by atoms with Gasteiger partial charge in [-0.1, -0.05) is 30.3 Å². The molecule has 3 N–H and O–H groups in total. The van der Waals surface area contributed by atoms with Crippen LogP contribution in [0.2, 0.25) is 0 Å². The smallest absolute Gasteiger partial charge is 0.222 e. The van der Waals surface area contributed by atoms with Gasteiger partial charge in [-0.05, 0) is 61.4 Å². The number of nitrogens with two attached hydrogens (primary N) is 1. The second-order valence-electron chi connectivity index (χ2n) is 12.5. The highest BCUT2D eigenvalue weighted by Gasteiger charge is 2.34. The number of amides is 1. The van der Waals surface area contributed by atoms with Crippen LogP contribution in [0.3, 0.4) is 0 Å². The normalized spacial score (nSPS) is 17.6. The molecule has 2 fully saturated rings. The van der Waals surface area contributed by atoms with Crippen molar-refractivity contribution in [2.24, 2.45) is 0 Å². The maximum Gasteiger partial charge on any atom is 0.222 e. The van der Waals surface area contributed by atoms with E-state index in [2.05, 4.69) is 20.5 Å². The number of carbonyl (C=O) groups excluding carboxylic acids is 1. The zero-order valence-corrected chi connectivity index (χ0v) is 28.0. The minimum atomic E-state index is -0.424. The molecule has 2 saturated heterocycles. The maximum atomic E-state index is 13.1. The Kier molecular flexibility index (Phi) is 9.48. The number of aromatic nitrogens is 4. The van der Waals surface area contributed by atoms with Crippen molar-refractivity contribution in [3.05, 3.63) is 79.1 Å². The first-order chi connectivity index (χ1) is 25.1. The van der Waals surface area contributed by atoms with E-state index in [0.29, 0.717) is 62.0 Å². The Morgan fingerprint density at radius 2 is 1.71 bits per heavy atom. The van der Waals surface area contributed by atoms with Gasteiger partial charge in [-0.25, -0.2) is 14.6 Å². The maximum absolute atomic E-state index is 13.1. The number of hydrogen-bond acceptors (Lipinski definition) is 13. The number of piperazine rings is 1. The Morgan fingerprint density at radius 3 is 2.51 bits per heavy atom. The number of fused-ring (bicyclic) bond motifs is 2. The number of benzene rings is 3. The summed E-state index contributed by atoms with van der Waals surface area (Å²) < 4.78 is 7.84. The molecule has 15 nitrogen and oxygen atoms in total. The lowest BCUT2D eigenvalue weighted by Crippen LogP contribution is -2.48. The first kappa shape index (κ1) is 32.7. The van der Waals surface area contributed by atoms with Crippen LogP contribution in [0.25, 0.3) is 22.3 Å². The molecule has 1 amide bonds. The van der Waals surface area contributed by atoms with Gasteiger partial charge in [-0.15, -0.1) is 0 Å². The number of carbonyl (C=O) groups is 1. The molecule has 8 rings (SSSR count). The SMILES string of the molecule is Nc1ncnc2c1c(-c1ccc(Oc3ccccc3)cc1)nn2CCCCCC(=O)N1CCN(c2ccc3c(c2)ON(C2CCONO2)O3)CC1. The van der Waals surface area contributed by atoms with E-state index in [4.69, 9.17) is 34.9 Å². The van der Waals surface area contributed by atoms with Crippen molar-refractivity contribution in [3.63, 3.8) is 0 Å². The van der Waals surface area contributed by atoms with E-state index in [1.54, 1.807) is 0 Å². The summed E-state index contributed by atoms with van der Waals surface area (Å²) in [6.45, 7) is 3.96. The zero-order chi connectivity index (χ0) is 34.6. The number of para-hydroxylation sites is 1. The van der Waals surface area contributed by atoms with E-state index in [1.807, 2.05) is 82.4 Å². The number of hydrogen-bond donors (Lipinski definition) is 2. The lowest BCUT2D eigenvalue weighted by atomic mass is 10.1. The summed E-state index contributed by atoms with van der Waals surface area (Å²) in [5, 5.41) is 6.97. The molecule has 0 radical (unpaired) electrons. The number of nitrogen functional groups attached to an aromatic ring is 1. The fourth-order valence-corrected chi connectivity index (χ4v) is 6.45. The third-order valence-corrected chi connectivity index (χ3v) is 9.17. The van der Waals surface area contributed by atoms with Crippen LogP contribution in [-0.4, -0.2) is 74.8 Å². The molecular weight excluding hydrogens is 654 g/mol. The van der Waals surface area contributed by atoms with Crippen molar-refractivity contribution in [1.82, 2.24) is 35.5 Å². The van der Waals surface area contributed by atoms with E-state index >= 15 is 0 Å². The highest BCUT2D eigenvalue weighted by Crippen LogP contribution is 2.39. The minimum absolute atomic E-state index is 0.188. The van der Waals surface area contributed by atoms with Crippen molar-refractivity contribution in [2.45, 2.75) is 44.9 Å². The van der Waals surface area contributed by atoms with Gasteiger partial charge in [-0.3, -0.25) is 14.5 Å². The van der Waals surface area contributed by atoms with Crippen LogP contribution in [-0.2, 0) is 21.0 Å². The van der Waals surface area contributed by atoms with Gasteiger partial charge in [0.2, 0.25) is 12.1 Å². The van der Waals surface area contributed by atoms with E-state index in [1.165, 1.54) is 11.6 Å². The first-order valence-electron chi connectivity index (χ1n) is 17.2. The molecule has 3 aliphatic rings. The molecule has 0 spiro atoms. The van der Waals surface area contributed by atoms with Crippen molar-refractivity contribution in [1.29, 1.82) is 0 Å². The lowest BCUT2D eigenvalue weighted by molar-refractivity contribution is -0.376. The molecule has 5 heterocycles. The van der Waals surface area contributed by atoms with Gasteiger partial charge in [0.15, 0.2) is 17.1 Å². The molecule has 3 aromatic carbocycles. The van der Waals surface area contributed by atoms with Gasteiger partial charge >= 0.3 is 0 Å². The Balaban J connectivity index is 0.807. The van der Waals surface area contributed by atoms with Crippen molar-refractivity contribution in [2.75, 3.05) is 43.4 Å². The fraction of sp³-hybridized carbons (Fsp3) is 0.333. The van der Waals surface area contributed by atoms with Crippen LogP contribution < -0.4 is 30.7 Å². The lowest BCUT2D eigenvalue weighted by Gasteiger charge is -2.36. The Bertz CT molecular complexity index is 1960. The molecule has 5 aromatic rings. The second kappa shape index (κ2) is 14.8. The number of nitrogens with zero attached hydrogens (tertiary/aromatic N) is 7. The van der Waals surface area contributed by atoms with Crippen LogP contribution in [0.15, 0.2) is 79.1 Å². The number of aryl methyl sites for hydroxylation is 1. The number of ether oxygens (including phenoxy) is 1. The summed E-state index contributed by atoms with van der Waals surface area (Å²) >= 11 is 0. The summed E-state index contributed by atoms with van der Waals surface area (Å²) in [4.78, 5) is 48.0. The number of hydroxylamine groups is 2. The van der Waals surface area contributed by atoms with Crippen molar-refractivity contribution in [3.8, 4) is 34.3 Å². The van der Waals surface area contributed by atoms with Gasteiger partial charge in [0.1, 0.15) is 29.3 Å². The van der Waals surface area contributed by atoms with Crippen molar-refractivity contribution < 1.29 is 28.9 Å². The van der Waals surface area contributed by atoms with Crippen LogP contribution in [0.1, 0.15) is 32.1 Å². The quantitative estimate of drug-likeness (QED) is 0.181. The number of nitrogens with one attached hydrogen (secondary N) is 1. The number of anilines is 2. The van der Waals surface area contributed by atoms with E-state index in [-0.39, 0.29) is 5.91 Å². The van der Waals surface area contributed by atoms with E-state index in [9.17, 15) is 4.79 Å². The third kappa shape index (κ3) is 7.23. The molecule has 264 valence electrons. The Morgan fingerprint density at radius 1 is 0.902 bits per heavy atom. The number of unbranched alkanes of at least 4 members (excludes halogenated alkanes) is 2. The summed E-state index contributed by atoms with van der Waals surface area (Å²) in [6.07, 6.45) is 4.70. The molecule has 51 heavy (non-hydrogen) atoms. The van der Waals surface area contributed by atoms with E-state index in [0.717, 1.165) is 66.2 Å². The van der Waals surface area contributed by atoms with Gasteiger partial charge in [-0.2, -0.15) is 5.10 Å². The molecular formula is C36H39N9O6. The first-order valence-corrected chi connectivity index (χ1v) is 17.2. The molecule has 0 saturated carbocycles. The standard InChI is InChI=1S/C36H39N9O6/c37-35-33-34(25-10-13-28(14-11-25)48-27-7-3-1-4-8-27)40-44(36(33)39-24-38-35)17-6-2-5-9-31(46)43-20-18-42(19-21-43)26-12-15-29-30(23-26)51-45(50-29)32-16-22-47-41-49-32/h1,3-4,7-8,10-15,23-24,32,41H,2,5-6,9,16-22H2,(H2,37,38,39). The summed E-state index contributed by atoms with van der Waals surface area (Å²) in [6, 6.07) is 23.3. The average Bonchev–Trinajstić information content (AvgIpc) is 3.78. The Labute approximate surface area is 294 Å². The van der Waals surface area contributed by atoms with Crippen LogP contribution in [0.5, 0.6) is 23.0 Å². The highest BCUT2D eigenvalue weighted by atomic mass is 17.0. The van der Waals surface area contributed by atoms with Crippen LogP contribution in [0, 0.1) is 0 Å². The molecule has 3 aliphatic heterocycles. The predicted molar refractivity (Wildman–Crippen MR) is 187 cm³/mol. The predicted octanol–water partition coefficient (Wildman–Crippen LogP) is 4.86. The average molecular weight is 694 g/mol. The monoisotopic (exact) mass is 693 g/mol. The topological polar surface area (TPSA) is 155 Å². The molecule has 1 unspecified atom stereocenters. The Hall–Kier alpha value is -5.48. The molecule has 0 bridgehead atoms. The highest BCUT2D eigenvalue weighted by molar-refractivity contribution is 5.98. The summed E-state index contributed by atoms with van der Waals surface area (Å²) in [5.74, 6) is 3.33. The molecule has 2 aromatic heterocycles. The second-order valence-corrected chi connectivity index (χ2v) is 12.5. The van der Waals surface area contributed by atoms with Gasteiger partial charge in [0, 0.05) is 62.9 Å². The van der Waals surface area contributed by atoms with Gasteiger partial charge in [0.25, 0.3) is 0 Å². The molecule has 15 heteroatoms. The van der Waals surface area contributed by atoms with E-state index < -0.39 is 6.23 Å². The van der Waals surface area contributed by atoms with Gasteiger partial charge < -0.3 is 29.9 Å². The number of rotatable bonds is 11. The van der Waals surface area contributed by atoms with Crippen LogP contribution >= 0.6 is 0 Å². The molecule has 1 atom stereocenters. The third-order valence-electron chi connectivity index (χ3n) is 9.17. The molecule has 0 aliphatic carbocycles. The van der Waals surface area contributed by atoms with Crippen molar-refractivity contribution >= 4 is 28.4 Å². The fourth-order valence-electron chi connectivity index (χ4n) is 6.45. The minimum Gasteiger partial charge on any atom is -0.457 e. The van der Waals surface area contributed by atoms with Crippen LogP contribution in [0.4, 0.5) is 11.5 Å². The largest absolute Gasteiger partial charge is 0.457 e.